The summed E-state index contributed by atoms with van der Waals surface area (Å²) < 4.78 is 4.94. The topological polar surface area (TPSA) is 87.7 Å². The summed E-state index contributed by atoms with van der Waals surface area (Å²) in [5, 5.41) is 13.5. The third-order valence-corrected chi connectivity index (χ3v) is 1.41. The normalized spacial score (nSPS) is 13.1. The molecule has 0 spiro atoms. The number of carboxylic acid groups (broad SMARTS) is 1. The Labute approximate surface area is 89.0 Å². The fourth-order valence-corrected chi connectivity index (χ4v) is 0.678. The van der Waals surface area contributed by atoms with Crippen molar-refractivity contribution in [2.24, 2.45) is 0 Å². The van der Waals surface area contributed by atoms with E-state index in [1.54, 1.807) is 20.8 Å². The molecule has 0 aromatic heterocycles. The summed E-state index contributed by atoms with van der Waals surface area (Å²) >= 11 is 0. The van der Waals surface area contributed by atoms with Crippen LogP contribution in [0.4, 0.5) is 4.79 Å². The zero-order chi connectivity index (χ0) is 12.1. The predicted octanol–water partition coefficient (Wildman–Crippen LogP) is 0.531. The van der Waals surface area contributed by atoms with Gasteiger partial charge < -0.3 is 15.2 Å². The van der Waals surface area contributed by atoms with Crippen LogP contribution in [0.3, 0.4) is 0 Å². The summed E-state index contributed by atoms with van der Waals surface area (Å²) in [5.74, 6) is -0.971. The number of ether oxygens (including phenoxy) is 1. The van der Waals surface area contributed by atoms with Gasteiger partial charge in [0, 0.05) is 0 Å². The van der Waals surface area contributed by atoms with Crippen LogP contribution in [0.15, 0.2) is 0 Å². The molecular weight excluding hydrogens is 200 g/mol. The summed E-state index contributed by atoms with van der Waals surface area (Å²) in [6.07, 6.45) is -0.576. The molecule has 0 heterocycles. The van der Waals surface area contributed by atoms with Gasteiger partial charge in [0.05, 0.1) is 6.67 Å². The maximum Gasteiger partial charge on any atom is 0.408 e. The molecule has 88 valence electrons. The van der Waals surface area contributed by atoms with Gasteiger partial charge >= 0.3 is 12.1 Å². The fourth-order valence-electron chi connectivity index (χ4n) is 0.678. The second-order valence-electron chi connectivity index (χ2n) is 4.12. The van der Waals surface area contributed by atoms with E-state index >= 15 is 0 Å². The van der Waals surface area contributed by atoms with Crippen molar-refractivity contribution in [2.45, 2.75) is 39.3 Å². The molecule has 0 aliphatic heterocycles. The lowest BCUT2D eigenvalue weighted by Gasteiger charge is -2.20. The van der Waals surface area contributed by atoms with Crippen molar-refractivity contribution in [3.63, 3.8) is 0 Å². The second-order valence-corrected chi connectivity index (χ2v) is 4.12. The highest BCUT2D eigenvalue weighted by molar-refractivity contribution is 5.73. The number of rotatable bonds is 4. The first-order valence-electron chi connectivity index (χ1n) is 4.65. The van der Waals surface area contributed by atoms with Gasteiger partial charge in [-0.1, -0.05) is 0 Å². The van der Waals surface area contributed by atoms with E-state index in [0.717, 1.165) is 0 Å². The number of carbonyl (C=O) groups excluding carboxylic acids is 1. The Morgan fingerprint density at radius 3 is 2.33 bits per heavy atom. The van der Waals surface area contributed by atoms with E-state index in [4.69, 9.17) is 9.84 Å². The number of alkyl carbamates (subject to hydrolysis) is 1. The molecule has 0 aliphatic carbocycles. The van der Waals surface area contributed by atoms with Crippen LogP contribution in [-0.2, 0) is 9.53 Å². The lowest BCUT2D eigenvalue weighted by molar-refractivity contribution is -0.139. The maximum atomic E-state index is 11.1. The van der Waals surface area contributed by atoms with Gasteiger partial charge in [-0.25, -0.2) is 4.79 Å². The number of aliphatic carboxylic acids is 1. The third kappa shape index (κ3) is 7.75. The summed E-state index contributed by atoms with van der Waals surface area (Å²) in [6, 6.07) is -0.708. The zero-order valence-corrected chi connectivity index (χ0v) is 9.46. The molecule has 1 atom stereocenters. The molecule has 0 radical (unpaired) electrons. The largest absolute Gasteiger partial charge is 0.480 e. The Bertz CT molecular complexity index is 235. The van der Waals surface area contributed by atoms with Gasteiger partial charge in [0.15, 0.2) is 0 Å². The molecular formula is C9H18N2O4. The molecule has 0 aliphatic rings. The van der Waals surface area contributed by atoms with Crippen molar-refractivity contribution in [1.29, 1.82) is 0 Å². The molecule has 0 aromatic rings. The molecule has 0 saturated carbocycles. The minimum atomic E-state index is -0.971. The van der Waals surface area contributed by atoms with Gasteiger partial charge in [0.1, 0.15) is 11.6 Å². The maximum absolute atomic E-state index is 11.1. The first kappa shape index (κ1) is 13.7. The van der Waals surface area contributed by atoms with Crippen LogP contribution in [0, 0.1) is 0 Å². The first-order chi connectivity index (χ1) is 6.72. The zero-order valence-electron chi connectivity index (χ0n) is 9.46. The number of carbonyl (C=O) groups is 2. The summed E-state index contributed by atoms with van der Waals surface area (Å²) in [6.45, 7) is 6.79. The minimum absolute atomic E-state index is 0.0579. The van der Waals surface area contributed by atoms with Gasteiger partial charge in [-0.05, 0) is 27.7 Å². The highest BCUT2D eigenvalue weighted by Gasteiger charge is 2.16. The van der Waals surface area contributed by atoms with Crippen molar-refractivity contribution >= 4 is 12.1 Å². The third-order valence-electron chi connectivity index (χ3n) is 1.41. The summed E-state index contributed by atoms with van der Waals surface area (Å²) in [4.78, 5) is 21.5. The quantitative estimate of drug-likeness (QED) is 0.599. The van der Waals surface area contributed by atoms with Gasteiger partial charge in [-0.15, -0.1) is 0 Å². The number of amides is 1. The van der Waals surface area contributed by atoms with Gasteiger partial charge in [-0.3, -0.25) is 10.1 Å². The Hall–Kier alpha value is -1.30. The van der Waals surface area contributed by atoms with Crippen molar-refractivity contribution in [2.75, 3.05) is 6.67 Å². The van der Waals surface area contributed by atoms with E-state index in [0.29, 0.717) is 0 Å². The number of nitrogens with one attached hydrogen (secondary N) is 2. The number of hydrogen-bond acceptors (Lipinski definition) is 4. The molecule has 0 saturated heterocycles. The lowest BCUT2D eigenvalue weighted by Crippen LogP contribution is -2.43. The van der Waals surface area contributed by atoms with Crippen LogP contribution in [-0.4, -0.2) is 35.5 Å². The average Bonchev–Trinajstić information content (AvgIpc) is 2.00. The second kappa shape index (κ2) is 5.55. The lowest BCUT2D eigenvalue weighted by atomic mass is 10.2. The van der Waals surface area contributed by atoms with Crippen LogP contribution in [0.5, 0.6) is 0 Å². The molecule has 0 aromatic carbocycles. The van der Waals surface area contributed by atoms with Crippen LogP contribution in [0.1, 0.15) is 27.7 Å². The summed E-state index contributed by atoms with van der Waals surface area (Å²) in [7, 11) is 0. The van der Waals surface area contributed by atoms with Crippen LogP contribution < -0.4 is 10.6 Å². The van der Waals surface area contributed by atoms with Crippen molar-refractivity contribution in [1.82, 2.24) is 10.6 Å². The van der Waals surface area contributed by atoms with Crippen molar-refractivity contribution < 1.29 is 19.4 Å². The molecule has 0 rings (SSSR count). The van der Waals surface area contributed by atoms with E-state index in [9.17, 15) is 9.59 Å². The van der Waals surface area contributed by atoms with Gasteiger partial charge in [-0.2, -0.15) is 0 Å². The first-order valence-corrected chi connectivity index (χ1v) is 4.65. The van der Waals surface area contributed by atoms with Crippen LogP contribution in [0.2, 0.25) is 0 Å². The summed E-state index contributed by atoms with van der Waals surface area (Å²) in [5.41, 5.74) is -0.553. The van der Waals surface area contributed by atoms with Crippen molar-refractivity contribution in [3.8, 4) is 0 Å². The SMILES string of the molecule is CC(NCNC(=O)OC(C)(C)C)C(=O)O. The minimum Gasteiger partial charge on any atom is -0.480 e. The van der Waals surface area contributed by atoms with Gasteiger partial charge in [0.25, 0.3) is 0 Å². The van der Waals surface area contributed by atoms with E-state index < -0.39 is 23.7 Å². The number of hydrogen-bond donors (Lipinski definition) is 3. The Morgan fingerprint density at radius 2 is 1.93 bits per heavy atom. The Balaban J connectivity index is 3.69. The average molecular weight is 218 g/mol. The predicted molar refractivity (Wildman–Crippen MR) is 54.5 cm³/mol. The molecule has 3 N–H and O–H groups in total. The number of carboxylic acids is 1. The molecule has 1 amide bonds. The fraction of sp³-hybridized carbons (Fsp3) is 0.778. The molecule has 0 fully saturated rings. The van der Waals surface area contributed by atoms with Crippen LogP contribution in [0.25, 0.3) is 0 Å². The monoisotopic (exact) mass is 218 g/mol. The molecule has 15 heavy (non-hydrogen) atoms. The van der Waals surface area contributed by atoms with Gasteiger partial charge in [0.2, 0.25) is 0 Å². The Morgan fingerprint density at radius 1 is 1.40 bits per heavy atom. The Kier molecular flexibility index (Phi) is 5.07. The smallest absolute Gasteiger partial charge is 0.408 e. The van der Waals surface area contributed by atoms with E-state index in [1.165, 1.54) is 6.92 Å². The van der Waals surface area contributed by atoms with Crippen LogP contribution >= 0.6 is 0 Å². The molecule has 6 heteroatoms. The van der Waals surface area contributed by atoms with Crippen molar-refractivity contribution in [3.05, 3.63) is 0 Å². The molecule has 1 unspecified atom stereocenters. The van der Waals surface area contributed by atoms with E-state index in [1.807, 2.05) is 0 Å². The molecule has 6 nitrogen and oxygen atoms in total. The highest BCUT2D eigenvalue weighted by atomic mass is 16.6. The van der Waals surface area contributed by atoms with E-state index in [2.05, 4.69) is 10.6 Å². The highest BCUT2D eigenvalue weighted by Crippen LogP contribution is 2.05. The standard InChI is InChI=1S/C9H18N2O4/c1-6(7(12)13)10-5-11-8(14)15-9(2,3)4/h6,10H,5H2,1-4H3,(H,11,14)(H,12,13). The van der Waals surface area contributed by atoms with E-state index in [-0.39, 0.29) is 6.67 Å². The molecule has 0 bridgehead atoms.